The van der Waals surface area contributed by atoms with Gasteiger partial charge in [-0.25, -0.2) is 0 Å². The van der Waals surface area contributed by atoms with E-state index in [1.165, 1.54) is 0 Å². The summed E-state index contributed by atoms with van der Waals surface area (Å²) in [6.45, 7) is 7.14. The van der Waals surface area contributed by atoms with E-state index in [9.17, 15) is 10.1 Å². The van der Waals surface area contributed by atoms with Crippen molar-refractivity contribution in [1.29, 1.82) is 5.26 Å². The molecule has 1 aromatic heterocycles. The number of anilines is 1. The number of aromatic nitrogens is 1. The molecule has 3 heterocycles. The van der Waals surface area contributed by atoms with Crippen LogP contribution in [0.5, 0.6) is 0 Å². The highest BCUT2D eigenvalue weighted by atomic mass is 16.2. The predicted octanol–water partition coefficient (Wildman–Crippen LogP) is 0.374. The molecule has 1 aromatic rings. The molecule has 7 N–H and O–H groups in total. The number of piperidine rings is 1. The van der Waals surface area contributed by atoms with Crippen molar-refractivity contribution in [3.63, 3.8) is 0 Å². The summed E-state index contributed by atoms with van der Waals surface area (Å²) in [4.78, 5) is 19.8. The van der Waals surface area contributed by atoms with Gasteiger partial charge in [0.25, 0.3) is 0 Å². The molecule has 0 spiro atoms. The molecular formula is C22H36N8O. The molecule has 2 fully saturated rings. The Morgan fingerprint density at radius 3 is 2.55 bits per heavy atom. The van der Waals surface area contributed by atoms with Crippen LogP contribution in [-0.4, -0.2) is 61.3 Å². The number of rotatable bonds is 6. The van der Waals surface area contributed by atoms with Crippen LogP contribution in [0.15, 0.2) is 18.5 Å². The van der Waals surface area contributed by atoms with Gasteiger partial charge in [0.2, 0.25) is 5.91 Å². The zero-order chi connectivity index (χ0) is 22.6. The SMILES string of the molecule is CN1CCC(c2ccncc2NC(=O)C(C(N)N)C2NCC(C(C)(C)C#N)CN2)CC1. The Morgan fingerprint density at radius 2 is 1.97 bits per heavy atom. The van der Waals surface area contributed by atoms with Gasteiger partial charge in [0.1, 0.15) is 0 Å². The first kappa shape index (κ1) is 23.6. The molecular weight excluding hydrogens is 392 g/mol. The number of carbonyl (C=O) groups is 1. The number of carbonyl (C=O) groups excluding carboxylic acids is 1. The molecule has 2 aliphatic rings. The van der Waals surface area contributed by atoms with Crippen molar-refractivity contribution in [3.8, 4) is 6.07 Å². The molecule has 0 aromatic carbocycles. The molecule has 0 bridgehead atoms. The van der Waals surface area contributed by atoms with Crippen LogP contribution in [0.3, 0.4) is 0 Å². The van der Waals surface area contributed by atoms with Crippen molar-refractivity contribution in [2.24, 2.45) is 28.7 Å². The molecule has 1 atom stereocenters. The lowest BCUT2D eigenvalue weighted by Crippen LogP contribution is -2.65. The van der Waals surface area contributed by atoms with Crippen LogP contribution in [0.4, 0.5) is 5.69 Å². The van der Waals surface area contributed by atoms with Gasteiger partial charge in [-0.05, 0) is 64.4 Å². The van der Waals surface area contributed by atoms with Crippen LogP contribution in [0.2, 0.25) is 0 Å². The van der Waals surface area contributed by atoms with Crippen molar-refractivity contribution in [2.75, 3.05) is 38.5 Å². The summed E-state index contributed by atoms with van der Waals surface area (Å²) in [5.41, 5.74) is 13.4. The van der Waals surface area contributed by atoms with Crippen LogP contribution >= 0.6 is 0 Å². The minimum atomic E-state index is -0.839. The quantitative estimate of drug-likeness (QED) is 0.409. The maximum atomic E-state index is 13.2. The Labute approximate surface area is 184 Å². The topological polar surface area (TPSA) is 145 Å². The average Bonchev–Trinajstić information content (AvgIpc) is 2.75. The highest BCUT2D eigenvalue weighted by Gasteiger charge is 2.39. The van der Waals surface area contributed by atoms with Crippen LogP contribution in [0.25, 0.3) is 0 Å². The van der Waals surface area contributed by atoms with Gasteiger partial charge in [0.05, 0.1) is 41.6 Å². The summed E-state index contributed by atoms with van der Waals surface area (Å²) in [7, 11) is 2.13. The van der Waals surface area contributed by atoms with E-state index < -0.39 is 17.5 Å². The Morgan fingerprint density at radius 1 is 1.32 bits per heavy atom. The second kappa shape index (κ2) is 10.0. The smallest absolute Gasteiger partial charge is 0.233 e. The highest BCUT2D eigenvalue weighted by molar-refractivity contribution is 5.94. The molecule has 3 rings (SSSR count). The number of likely N-dealkylation sites (tertiary alicyclic amines) is 1. The largest absolute Gasteiger partial charge is 0.324 e. The second-order valence-corrected chi connectivity index (χ2v) is 9.46. The first-order valence-corrected chi connectivity index (χ1v) is 11.1. The van der Waals surface area contributed by atoms with Gasteiger partial charge in [0, 0.05) is 25.2 Å². The second-order valence-electron chi connectivity index (χ2n) is 9.46. The van der Waals surface area contributed by atoms with Crippen molar-refractivity contribution >= 4 is 11.6 Å². The Hall–Kier alpha value is -2.09. The monoisotopic (exact) mass is 428 g/mol. The van der Waals surface area contributed by atoms with Crippen molar-refractivity contribution in [1.82, 2.24) is 20.5 Å². The fraction of sp³-hybridized carbons (Fsp3) is 0.682. The average molecular weight is 429 g/mol. The summed E-state index contributed by atoms with van der Waals surface area (Å²) in [5, 5.41) is 19.1. The summed E-state index contributed by atoms with van der Waals surface area (Å²) in [5.74, 6) is -0.392. The number of nitrogens with zero attached hydrogens (tertiary/aromatic N) is 3. The molecule has 170 valence electrons. The number of nitriles is 1. The number of pyridine rings is 1. The van der Waals surface area contributed by atoms with Gasteiger partial charge in [-0.3, -0.25) is 9.78 Å². The van der Waals surface area contributed by atoms with E-state index in [0.29, 0.717) is 19.0 Å². The number of amides is 1. The minimum Gasteiger partial charge on any atom is -0.324 e. The van der Waals surface area contributed by atoms with E-state index in [1.54, 1.807) is 12.4 Å². The first-order chi connectivity index (χ1) is 14.7. The van der Waals surface area contributed by atoms with Gasteiger partial charge in [-0.2, -0.15) is 5.26 Å². The van der Waals surface area contributed by atoms with E-state index in [-0.39, 0.29) is 18.0 Å². The van der Waals surface area contributed by atoms with Crippen LogP contribution < -0.4 is 27.4 Å². The maximum Gasteiger partial charge on any atom is 0.233 e. The third-order valence-corrected chi connectivity index (χ3v) is 6.82. The summed E-state index contributed by atoms with van der Waals surface area (Å²) in [6.07, 6.45) is 4.37. The molecule has 0 radical (unpaired) electrons. The van der Waals surface area contributed by atoms with Crippen molar-refractivity contribution in [2.45, 2.75) is 44.9 Å². The zero-order valence-corrected chi connectivity index (χ0v) is 18.8. The fourth-order valence-corrected chi connectivity index (χ4v) is 4.49. The molecule has 2 aliphatic heterocycles. The summed E-state index contributed by atoms with van der Waals surface area (Å²) < 4.78 is 0. The van der Waals surface area contributed by atoms with E-state index in [4.69, 9.17) is 11.5 Å². The molecule has 1 amide bonds. The first-order valence-electron chi connectivity index (χ1n) is 11.1. The lowest BCUT2D eigenvalue weighted by Gasteiger charge is -2.40. The minimum absolute atomic E-state index is 0.126. The summed E-state index contributed by atoms with van der Waals surface area (Å²) >= 11 is 0. The Kier molecular flexibility index (Phi) is 7.62. The number of nitrogens with one attached hydrogen (secondary N) is 3. The predicted molar refractivity (Wildman–Crippen MR) is 121 cm³/mol. The van der Waals surface area contributed by atoms with Gasteiger partial charge < -0.3 is 32.3 Å². The van der Waals surface area contributed by atoms with Crippen molar-refractivity contribution in [3.05, 3.63) is 24.0 Å². The van der Waals surface area contributed by atoms with E-state index in [0.717, 1.165) is 37.2 Å². The number of nitrogens with two attached hydrogens (primary N) is 2. The zero-order valence-electron chi connectivity index (χ0n) is 18.8. The molecule has 0 saturated carbocycles. The molecule has 9 nitrogen and oxygen atoms in total. The lowest BCUT2D eigenvalue weighted by atomic mass is 9.78. The number of hydrogen-bond acceptors (Lipinski definition) is 8. The maximum absolute atomic E-state index is 13.2. The Bertz CT molecular complexity index is 789. The molecule has 0 aliphatic carbocycles. The van der Waals surface area contributed by atoms with Crippen LogP contribution in [-0.2, 0) is 4.79 Å². The van der Waals surface area contributed by atoms with Crippen LogP contribution in [0.1, 0.15) is 38.2 Å². The van der Waals surface area contributed by atoms with Gasteiger partial charge >= 0.3 is 0 Å². The van der Waals surface area contributed by atoms with E-state index >= 15 is 0 Å². The van der Waals surface area contributed by atoms with Gasteiger partial charge in [-0.1, -0.05) is 0 Å². The van der Waals surface area contributed by atoms with Crippen LogP contribution in [0, 0.1) is 28.6 Å². The van der Waals surface area contributed by atoms with E-state index in [2.05, 4.69) is 39.0 Å². The lowest BCUT2D eigenvalue weighted by molar-refractivity contribution is -0.122. The molecule has 9 heteroatoms. The molecule has 2 saturated heterocycles. The van der Waals surface area contributed by atoms with Gasteiger partial charge in [-0.15, -0.1) is 0 Å². The number of hydrogen-bond donors (Lipinski definition) is 5. The standard InChI is InChI=1S/C22H36N8O/c1-22(2,13-23)15-10-27-20(28-11-15)18(19(24)25)21(31)29-17-12-26-7-4-16(17)14-5-8-30(3)9-6-14/h4,7,12,14-15,18-20,27-28H,5-6,8-11,24-25H2,1-3H3,(H,29,31). The summed E-state index contributed by atoms with van der Waals surface area (Å²) in [6, 6.07) is 4.35. The highest BCUT2D eigenvalue weighted by Crippen LogP contribution is 2.32. The molecule has 1 unspecified atom stereocenters. The normalized spacial score (nSPS) is 24.5. The molecule has 31 heavy (non-hydrogen) atoms. The van der Waals surface area contributed by atoms with E-state index in [1.807, 2.05) is 19.9 Å². The van der Waals surface area contributed by atoms with Crippen molar-refractivity contribution < 1.29 is 4.79 Å². The third-order valence-electron chi connectivity index (χ3n) is 6.82. The van der Waals surface area contributed by atoms with Gasteiger partial charge in [0.15, 0.2) is 0 Å². The fourth-order valence-electron chi connectivity index (χ4n) is 4.49. The third kappa shape index (κ3) is 5.59. The Balaban J connectivity index is 1.69.